The van der Waals surface area contributed by atoms with Crippen molar-refractivity contribution >= 4 is 5.95 Å². The summed E-state index contributed by atoms with van der Waals surface area (Å²) in [5, 5.41) is 3.25. The fourth-order valence-electron chi connectivity index (χ4n) is 1.70. The zero-order valence-corrected chi connectivity index (χ0v) is 11.1. The maximum Gasteiger partial charge on any atom is 0.223 e. The third-order valence-electron chi connectivity index (χ3n) is 2.70. The van der Waals surface area contributed by atoms with Crippen LogP contribution < -0.4 is 5.32 Å². The molecule has 0 spiro atoms. The molecule has 5 nitrogen and oxygen atoms in total. The zero-order chi connectivity index (χ0) is 13.0. The molecule has 0 aliphatic heterocycles. The number of hydrogen-bond acceptors (Lipinski definition) is 4. The van der Waals surface area contributed by atoms with Gasteiger partial charge in [-0.3, -0.25) is 0 Å². The van der Waals surface area contributed by atoms with Gasteiger partial charge in [-0.1, -0.05) is 13.8 Å². The molecule has 2 aromatic rings. The second kappa shape index (κ2) is 5.62. The second-order valence-corrected chi connectivity index (χ2v) is 4.67. The van der Waals surface area contributed by atoms with Gasteiger partial charge in [0.25, 0.3) is 0 Å². The van der Waals surface area contributed by atoms with E-state index in [9.17, 15) is 0 Å². The van der Waals surface area contributed by atoms with Crippen molar-refractivity contribution in [2.45, 2.75) is 33.1 Å². The number of imidazole rings is 1. The number of H-pyrrole nitrogens is 1. The van der Waals surface area contributed by atoms with Crippen LogP contribution in [-0.4, -0.2) is 26.5 Å². The lowest BCUT2D eigenvalue weighted by Gasteiger charge is -2.09. The highest BCUT2D eigenvalue weighted by Crippen LogP contribution is 2.14. The van der Waals surface area contributed by atoms with Crippen molar-refractivity contribution in [1.82, 2.24) is 19.9 Å². The van der Waals surface area contributed by atoms with Crippen LogP contribution in [0.2, 0.25) is 0 Å². The van der Waals surface area contributed by atoms with Crippen molar-refractivity contribution < 1.29 is 0 Å². The normalized spacial score (nSPS) is 10.9. The van der Waals surface area contributed by atoms with Crippen molar-refractivity contribution in [2.75, 3.05) is 11.9 Å². The quantitative estimate of drug-likeness (QED) is 0.848. The van der Waals surface area contributed by atoms with Gasteiger partial charge in [0.15, 0.2) is 0 Å². The third kappa shape index (κ3) is 3.29. The largest absolute Gasteiger partial charge is 0.354 e. The fourth-order valence-corrected chi connectivity index (χ4v) is 1.70. The number of anilines is 1. The second-order valence-electron chi connectivity index (χ2n) is 4.67. The summed E-state index contributed by atoms with van der Waals surface area (Å²) < 4.78 is 0. The molecule has 0 unspecified atom stereocenters. The molecule has 0 bridgehead atoms. The lowest BCUT2D eigenvalue weighted by atomic mass is 10.1. The van der Waals surface area contributed by atoms with Crippen molar-refractivity contribution in [3.63, 3.8) is 0 Å². The van der Waals surface area contributed by atoms with Crippen LogP contribution in [0.3, 0.4) is 0 Å². The maximum atomic E-state index is 4.50. The molecule has 0 amide bonds. The van der Waals surface area contributed by atoms with Crippen molar-refractivity contribution in [2.24, 2.45) is 0 Å². The summed E-state index contributed by atoms with van der Waals surface area (Å²) in [5.74, 6) is 1.12. The number of aromatic nitrogens is 4. The van der Waals surface area contributed by atoms with E-state index in [1.807, 2.05) is 19.2 Å². The van der Waals surface area contributed by atoms with E-state index in [2.05, 4.69) is 39.1 Å². The molecule has 2 N–H and O–H groups in total. The zero-order valence-electron chi connectivity index (χ0n) is 11.1. The minimum atomic E-state index is 0.417. The molecular formula is C13H19N5. The van der Waals surface area contributed by atoms with Crippen LogP contribution in [0.1, 0.15) is 36.8 Å². The van der Waals surface area contributed by atoms with E-state index in [-0.39, 0.29) is 0 Å². The van der Waals surface area contributed by atoms with Crippen LogP contribution in [-0.2, 0) is 6.42 Å². The Morgan fingerprint density at radius 1 is 1.33 bits per heavy atom. The highest BCUT2D eigenvalue weighted by Gasteiger charge is 2.05. The van der Waals surface area contributed by atoms with Crippen LogP contribution in [0.4, 0.5) is 5.95 Å². The van der Waals surface area contributed by atoms with E-state index in [0.717, 1.165) is 30.0 Å². The number of rotatable bonds is 5. The summed E-state index contributed by atoms with van der Waals surface area (Å²) in [6, 6.07) is 2.03. The lowest BCUT2D eigenvalue weighted by molar-refractivity contribution is 0.807. The first kappa shape index (κ1) is 12.5. The van der Waals surface area contributed by atoms with Gasteiger partial charge in [0.05, 0.1) is 6.33 Å². The highest BCUT2D eigenvalue weighted by atomic mass is 15.1. The molecule has 0 aliphatic rings. The van der Waals surface area contributed by atoms with E-state index >= 15 is 0 Å². The molecule has 2 rings (SSSR count). The number of aromatic amines is 1. The van der Waals surface area contributed by atoms with Crippen LogP contribution in [0.5, 0.6) is 0 Å². The molecule has 2 heterocycles. The third-order valence-corrected chi connectivity index (χ3v) is 2.70. The monoisotopic (exact) mass is 245 g/mol. The van der Waals surface area contributed by atoms with Gasteiger partial charge in [-0.25, -0.2) is 15.0 Å². The van der Waals surface area contributed by atoms with Gasteiger partial charge in [-0.2, -0.15) is 0 Å². The van der Waals surface area contributed by atoms with Gasteiger partial charge in [0, 0.05) is 36.2 Å². The first-order valence-corrected chi connectivity index (χ1v) is 6.22. The van der Waals surface area contributed by atoms with Crippen LogP contribution >= 0.6 is 0 Å². The Labute approximate surface area is 107 Å². The molecule has 0 aliphatic carbocycles. The first-order valence-electron chi connectivity index (χ1n) is 6.22. The Morgan fingerprint density at radius 3 is 2.83 bits per heavy atom. The summed E-state index contributed by atoms with van der Waals surface area (Å²) in [7, 11) is 0. The van der Waals surface area contributed by atoms with Crippen LogP contribution in [0.25, 0.3) is 0 Å². The van der Waals surface area contributed by atoms with Crippen molar-refractivity contribution in [1.29, 1.82) is 0 Å². The molecule has 0 radical (unpaired) electrons. The Bertz CT molecular complexity index is 490. The van der Waals surface area contributed by atoms with Gasteiger partial charge in [0.2, 0.25) is 5.95 Å². The number of nitrogens with zero attached hydrogens (tertiary/aromatic N) is 3. The smallest absolute Gasteiger partial charge is 0.223 e. The Hall–Kier alpha value is -1.91. The molecule has 5 heteroatoms. The predicted octanol–water partition coefficient (Wildman–Crippen LogP) is 2.29. The van der Waals surface area contributed by atoms with Crippen LogP contribution in [0, 0.1) is 6.92 Å². The van der Waals surface area contributed by atoms with Crippen molar-refractivity contribution in [3.8, 4) is 0 Å². The molecule has 18 heavy (non-hydrogen) atoms. The van der Waals surface area contributed by atoms with Crippen molar-refractivity contribution in [3.05, 3.63) is 35.7 Å². The number of hydrogen-bond donors (Lipinski definition) is 2. The van der Waals surface area contributed by atoms with E-state index in [1.54, 1.807) is 6.33 Å². The molecule has 0 saturated carbocycles. The van der Waals surface area contributed by atoms with Gasteiger partial charge >= 0.3 is 0 Å². The minimum absolute atomic E-state index is 0.417. The highest BCUT2D eigenvalue weighted by molar-refractivity contribution is 5.29. The fraction of sp³-hybridized carbons (Fsp3) is 0.462. The molecule has 96 valence electrons. The van der Waals surface area contributed by atoms with Crippen LogP contribution in [0.15, 0.2) is 18.6 Å². The molecule has 0 fully saturated rings. The standard InChI is InChI=1S/C13H19N5/c1-9(2)12-6-10(3)17-13(18-12)15-5-4-11-7-14-8-16-11/h6-9H,4-5H2,1-3H3,(H,14,16)(H,15,17,18). The number of aryl methyl sites for hydroxylation is 1. The van der Waals surface area contributed by atoms with Gasteiger partial charge in [0.1, 0.15) is 0 Å². The minimum Gasteiger partial charge on any atom is -0.354 e. The van der Waals surface area contributed by atoms with E-state index in [1.165, 1.54) is 0 Å². The first-order chi connectivity index (χ1) is 8.65. The lowest BCUT2D eigenvalue weighted by Crippen LogP contribution is -2.10. The average molecular weight is 245 g/mol. The van der Waals surface area contributed by atoms with E-state index in [0.29, 0.717) is 11.9 Å². The molecule has 2 aromatic heterocycles. The molecule has 0 aromatic carbocycles. The summed E-state index contributed by atoms with van der Waals surface area (Å²) in [5.41, 5.74) is 3.18. The van der Waals surface area contributed by atoms with Gasteiger partial charge in [-0.05, 0) is 18.9 Å². The summed E-state index contributed by atoms with van der Waals surface area (Å²) in [6.45, 7) is 7.06. The topological polar surface area (TPSA) is 66.5 Å². The molecule has 0 saturated heterocycles. The maximum absolute atomic E-state index is 4.50. The van der Waals surface area contributed by atoms with E-state index < -0.39 is 0 Å². The molecular weight excluding hydrogens is 226 g/mol. The Morgan fingerprint density at radius 2 is 2.17 bits per heavy atom. The summed E-state index contributed by atoms with van der Waals surface area (Å²) in [4.78, 5) is 15.9. The predicted molar refractivity (Wildman–Crippen MR) is 71.6 cm³/mol. The number of nitrogens with one attached hydrogen (secondary N) is 2. The molecule has 0 atom stereocenters. The van der Waals surface area contributed by atoms with Gasteiger partial charge < -0.3 is 10.3 Å². The van der Waals surface area contributed by atoms with Gasteiger partial charge in [-0.15, -0.1) is 0 Å². The summed E-state index contributed by atoms with van der Waals surface area (Å²) in [6.07, 6.45) is 4.40. The SMILES string of the molecule is Cc1cc(C(C)C)nc(NCCc2cnc[nH]2)n1. The Kier molecular flexibility index (Phi) is 3.92. The Balaban J connectivity index is 1.96. The summed E-state index contributed by atoms with van der Waals surface area (Å²) >= 11 is 0. The van der Waals surface area contributed by atoms with E-state index in [4.69, 9.17) is 0 Å². The average Bonchev–Trinajstić information content (AvgIpc) is 2.81.